The van der Waals surface area contributed by atoms with Gasteiger partial charge in [-0.3, -0.25) is 8.37 Å². The van der Waals surface area contributed by atoms with Crippen molar-refractivity contribution >= 4 is 20.2 Å². The summed E-state index contributed by atoms with van der Waals surface area (Å²) in [5.74, 6) is -32.5. The molecule has 0 aliphatic carbocycles. The molecule has 1 atom stereocenters. The summed E-state index contributed by atoms with van der Waals surface area (Å²) in [5.41, 5.74) is 0. The van der Waals surface area contributed by atoms with Gasteiger partial charge in [-0.25, -0.2) is 0 Å². The highest BCUT2D eigenvalue weighted by molar-refractivity contribution is 7.87. The first-order valence-corrected chi connectivity index (χ1v) is 11.1. The molecule has 206 valence electrons. The Labute approximate surface area is 181 Å². The van der Waals surface area contributed by atoms with E-state index in [4.69, 9.17) is 0 Å². The van der Waals surface area contributed by atoms with Crippen LogP contribution in [0.15, 0.2) is 0 Å². The van der Waals surface area contributed by atoms with Crippen molar-refractivity contribution in [2.75, 3.05) is 18.1 Å². The zero-order valence-electron chi connectivity index (χ0n) is 16.0. The zero-order valence-corrected chi connectivity index (χ0v) is 17.6. The SMILES string of the molecule is CC(CCOS(=O)(=O)CC(F)(F)C(F)(F)C(F)(F)F)OS(=O)(=O)CC(F)(F)C(F)(F)C(F)(F)F. The van der Waals surface area contributed by atoms with Crippen LogP contribution >= 0.6 is 0 Å². The molecule has 0 saturated heterocycles. The second-order valence-corrected chi connectivity index (χ2v) is 9.71. The molecule has 0 spiro atoms. The summed E-state index contributed by atoms with van der Waals surface area (Å²) in [5, 5.41) is 0. The molecule has 0 heterocycles. The summed E-state index contributed by atoms with van der Waals surface area (Å²) < 4.78 is 228. The van der Waals surface area contributed by atoms with Crippen molar-refractivity contribution in [3.63, 3.8) is 0 Å². The molecule has 22 heteroatoms. The Morgan fingerprint density at radius 3 is 1.26 bits per heavy atom. The second kappa shape index (κ2) is 9.71. The van der Waals surface area contributed by atoms with Gasteiger partial charge in [0.1, 0.15) is 11.5 Å². The Hall–Kier alpha value is -1.16. The fraction of sp³-hybridized carbons (Fsp3) is 1.00. The van der Waals surface area contributed by atoms with Gasteiger partial charge in [0.2, 0.25) is 0 Å². The molecule has 0 bridgehead atoms. The Morgan fingerprint density at radius 2 is 0.941 bits per heavy atom. The van der Waals surface area contributed by atoms with Crippen molar-refractivity contribution in [1.29, 1.82) is 0 Å². The van der Waals surface area contributed by atoms with Crippen LogP contribution in [0.3, 0.4) is 0 Å². The second-order valence-electron chi connectivity index (χ2n) is 6.47. The van der Waals surface area contributed by atoms with E-state index in [1.54, 1.807) is 0 Å². The highest BCUT2D eigenvalue weighted by Gasteiger charge is 2.75. The van der Waals surface area contributed by atoms with Crippen LogP contribution in [0.2, 0.25) is 0 Å². The monoisotopic (exact) mass is 582 g/mol. The quantitative estimate of drug-likeness (QED) is 0.254. The Balaban J connectivity index is 5.11. The van der Waals surface area contributed by atoms with E-state index >= 15 is 0 Å². The molecular formula is C12H12F14O6S2. The van der Waals surface area contributed by atoms with Crippen LogP contribution in [0.5, 0.6) is 0 Å². The third kappa shape index (κ3) is 7.93. The van der Waals surface area contributed by atoms with Gasteiger partial charge in [0, 0.05) is 0 Å². The summed E-state index contributed by atoms with van der Waals surface area (Å²) in [4.78, 5) is 0. The number of hydrogen-bond donors (Lipinski definition) is 0. The lowest BCUT2D eigenvalue weighted by Gasteiger charge is -2.28. The molecule has 0 aromatic rings. The maximum atomic E-state index is 13.1. The maximum absolute atomic E-state index is 13.1. The van der Waals surface area contributed by atoms with Crippen LogP contribution in [0.25, 0.3) is 0 Å². The maximum Gasteiger partial charge on any atom is 0.459 e. The molecule has 0 aromatic heterocycles. The van der Waals surface area contributed by atoms with E-state index in [0.29, 0.717) is 6.92 Å². The van der Waals surface area contributed by atoms with Crippen LogP contribution in [0, 0.1) is 0 Å². The molecule has 34 heavy (non-hydrogen) atoms. The summed E-state index contributed by atoms with van der Waals surface area (Å²) in [6.45, 7) is -0.943. The van der Waals surface area contributed by atoms with Gasteiger partial charge in [-0.2, -0.15) is 78.3 Å². The molecule has 0 rings (SSSR count). The predicted molar refractivity (Wildman–Crippen MR) is 80.6 cm³/mol. The standard InChI is InChI=1S/C12H12F14O6S2/c1-6(32-34(29,30)5-8(15,16)10(19,20)12(24,25)26)2-3-31-33(27,28)4-7(13,14)9(17,18)11(21,22)23/h6H,2-5H2,1H3. The minimum Gasteiger partial charge on any atom is -0.270 e. The summed E-state index contributed by atoms with van der Waals surface area (Å²) in [7, 11) is -11.8. The Bertz CT molecular complexity index is 906. The third-order valence-corrected chi connectivity index (χ3v) is 6.02. The van der Waals surface area contributed by atoms with Crippen molar-refractivity contribution in [1.82, 2.24) is 0 Å². The lowest BCUT2D eigenvalue weighted by molar-refractivity contribution is -0.349. The van der Waals surface area contributed by atoms with E-state index in [9.17, 15) is 78.3 Å². The lowest BCUT2D eigenvalue weighted by Crippen LogP contribution is -2.55. The van der Waals surface area contributed by atoms with Gasteiger partial charge in [-0.15, -0.1) is 0 Å². The first kappa shape index (κ1) is 32.8. The van der Waals surface area contributed by atoms with Crippen molar-refractivity contribution in [2.24, 2.45) is 0 Å². The molecule has 0 aliphatic rings. The van der Waals surface area contributed by atoms with Gasteiger partial charge < -0.3 is 0 Å². The van der Waals surface area contributed by atoms with Gasteiger partial charge in [0.15, 0.2) is 0 Å². The van der Waals surface area contributed by atoms with Crippen LogP contribution in [-0.2, 0) is 28.6 Å². The average molecular weight is 582 g/mol. The summed E-state index contributed by atoms with van der Waals surface area (Å²) >= 11 is 0. The van der Waals surface area contributed by atoms with Crippen LogP contribution < -0.4 is 0 Å². The van der Waals surface area contributed by atoms with Crippen molar-refractivity contribution in [3.05, 3.63) is 0 Å². The molecule has 0 amide bonds. The number of hydrogen-bond acceptors (Lipinski definition) is 6. The van der Waals surface area contributed by atoms with Gasteiger partial charge in [0.25, 0.3) is 20.2 Å². The highest BCUT2D eigenvalue weighted by Crippen LogP contribution is 2.48. The van der Waals surface area contributed by atoms with E-state index in [2.05, 4.69) is 8.37 Å². The molecule has 0 saturated carbocycles. The first-order valence-electron chi connectivity index (χ1n) is 7.94. The normalized spacial score (nSPS) is 16.6. The first-order chi connectivity index (χ1) is 14.5. The highest BCUT2D eigenvalue weighted by atomic mass is 32.2. The molecule has 0 aromatic carbocycles. The number of rotatable bonds is 12. The zero-order chi connectivity index (χ0) is 27.8. The van der Waals surface area contributed by atoms with Gasteiger partial charge in [-0.05, 0) is 13.3 Å². The number of halogens is 14. The minimum atomic E-state index is -6.87. The van der Waals surface area contributed by atoms with Crippen LogP contribution in [0.1, 0.15) is 13.3 Å². The third-order valence-electron chi connectivity index (χ3n) is 3.45. The number of alkyl halides is 14. The van der Waals surface area contributed by atoms with E-state index in [1.165, 1.54) is 0 Å². The Kier molecular flexibility index (Phi) is 9.38. The lowest BCUT2D eigenvalue weighted by atomic mass is 10.2. The van der Waals surface area contributed by atoms with Crippen LogP contribution in [0.4, 0.5) is 61.5 Å². The molecule has 6 nitrogen and oxygen atoms in total. The fourth-order valence-electron chi connectivity index (χ4n) is 1.76. The summed E-state index contributed by atoms with van der Waals surface area (Å²) in [6.07, 6.45) is -17.0. The van der Waals surface area contributed by atoms with Crippen LogP contribution in [-0.4, -0.2) is 77.1 Å². The fourth-order valence-corrected chi connectivity index (χ4v) is 4.10. The van der Waals surface area contributed by atoms with Gasteiger partial charge >= 0.3 is 36.0 Å². The molecule has 0 aliphatic heterocycles. The average Bonchev–Trinajstić information content (AvgIpc) is 2.48. The largest absolute Gasteiger partial charge is 0.459 e. The molecule has 0 radical (unpaired) electrons. The molecule has 1 unspecified atom stereocenters. The van der Waals surface area contributed by atoms with Gasteiger partial charge in [-0.1, -0.05) is 0 Å². The molecule has 0 N–H and O–H groups in total. The van der Waals surface area contributed by atoms with E-state index < -0.39 is 86.9 Å². The predicted octanol–water partition coefficient (Wildman–Crippen LogP) is 4.12. The van der Waals surface area contributed by atoms with Crippen molar-refractivity contribution in [3.8, 4) is 0 Å². The summed E-state index contributed by atoms with van der Waals surface area (Å²) in [6, 6.07) is 0. The smallest absolute Gasteiger partial charge is 0.270 e. The van der Waals surface area contributed by atoms with E-state index in [1.807, 2.05) is 0 Å². The molecular weight excluding hydrogens is 570 g/mol. The van der Waals surface area contributed by atoms with E-state index in [0.717, 1.165) is 0 Å². The van der Waals surface area contributed by atoms with E-state index in [-0.39, 0.29) is 0 Å². The topological polar surface area (TPSA) is 86.7 Å². The van der Waals surface area contributed by atoms with Crippen molar-refractivity contribution < 1.29 is 86.7 Å². The minimum absolute atomic E-state index is 0.556. The Morgan fingerprint density at radius 1 is 0.618 bits per heavy atom. The molecule has 0 fully saturated rings. The van der Waals surface area contributed by atoms with Gasteiger partial charge in [0.05, 0.1) is 12.7 Å². The van der Waals surface area contributed by atoms with Crippen molar-refractivity contribution in [2.45, 2.75) is 55.5 Å².